The second kappa shape index (κ2) is 4.44. The van der Waals surface area contributed by atoms with Crippen LogP contribution in [-0.2, 0) is 6.54 Å². The van der Waals surface area contributed by atoms with Crippen molar-refractivity contribution in [2.45, 2.75) is 26.4 Å². The molecule has 0 fully saturated rings. The molecule has 1 N–H and O–H groups in total. The third-order valence-corrected chi connectivity index (χ3v) is 3.23. The number of aryl methyl sites for hydroxylation is 1. The molecule has 0 amide bonds. The van der Waals surface area contributed by atoms with E-state index in [0.717, 1.165) is 17.4 Å². The summed E-state index contributed by atoms with van der Waals surface area (Å²) in [4.78, 5) is 0. The molecule has 0 aliphatic heterocycles. The van der Waals surface area contributed by atoms with Crippen LogP contribution in [0.1, 0.15) is 25.5 Å². The van der Waals surface area contributed by atoms with Crippen molar-refractivity contribution in [2.24, 2.45) is 0 Å². The summed E-state index contributed by atoms with van der Waals surface area (Å²) in [5.74, 6) is 0. The maximum Gasteiger partial charge on any atom is 0.158 e. The van der Waals surface area contributed by atoms with E-state index in [1.807, 2.05) is 23.9 Å². The fraction of sp³-hybridized carbons (Fsp3) is 0.417. The number of benzene rings is 1. The highest BCUT2D eigenvalue weighted by Crippen LogP contribution is 2.28. The van der Waals surface area contributed by atoms with Gasteiger partial charge in [0.2, 0.25) is 0 Å². The molecule has 2 rings (SSSR count). The first-order valence-corrected chi connectivity index (χ1v) is 5.89. The summed E-state index contributed by atoms with van der Waals surface area (Å²) in [6.07, 6.45) is 0. The molecule has 1 aromatic heterocycles. The second-order valence-electron chi connectivity index (χ2n) is 3.86. The number of rotatable bonds is 3. The van der Waals surface area contributed by atoms with Gasteiger partial charge in [0.15, 0.2) is 5.15 Å². The molecule has 3 nitrogen and oxygen atoms in total. The molecule has 86 valence electrons. The lowest BCUT2D eigenvalue weighted by atomic mass is 10.1. The normalized spacial score (nSPS) is 13.2. The summed E-state index contributed by atoms with van der Waals surface area (Å²) >= 11 is 6.12. The quantitative estimate of drug-likeness (QED) is 0.890. The molecule has 1 unspecified atom stereocenters. The maximum absolute atomic E-state index is 6.12. The smallest absolute Gasteiger partial charge is 0.158 e. The predicted molar refractivity (Wildman–Crippen MR) is 67.9 cm³/mol. The predicted octanol–water partition coefficient (Wildman–Crippen LogP) is 2.99. The number of para-hydroxylation sites is 1. The molecule has 0 bridgehead atoms. The molecule has 1 aromatic carbocycles. The Morgan fingerprint density at radius 1 is 1.50 bits per heavy atom. The van der Waals surface area contributed by atoms with Crippen LogP contribution in [0.5, 0.6) is 0 Å². The van der Waals surface area contributed by atoms with Gasteiger partial charge in [-0.05, 0) is 32.5 Å². The van der Waals surface area contributed by atoms with Gasteiger partial charge in [0.1, 0.15) is 0 Å². The molecule has 0 saturated carbocycles. The van der Waals surface area contributed by atoms with E-state index in [9.17, 15) is 0 Å². The van der Waals surface area contributed by atoms with Crippen LogP contribution in [0.3, 0.4) is 0 Å². The van der Waals surface area contributed by atoms with Crippen molar-refractivity contribution >= 4 is 22.5 Å². The maximum atomic E-state index is 6.12. The Hall–Kier alpha value is -1.06. The molecule has 0 radical (unpaired) electrons. The highest BCUT2D eigenvalue weighted by Gasteiger charge is 2.14. The number of nitrogens with one attached hydrogen (secondary N) is 1. The van der Waals surface area contributed by atoms with Crippen molar-refractivity contribution in [2.75, 3.05) is 7.05 Å². The van der Waals surface area contributed by atoms with E-state index in [1.54, 1.807) is 0 Å². The number of halogens is 1. The van der Waals surface area contributed by atoms with Crippen LogP contribution in [0.4, 0.5) is 0 Å². The first-order valence-electron chi connectivity index (χ1n) is 5.51. The molecule has 1 atom stereocenters. The average Bonchev–Trinajstić information content (AvgIpc) is 2.65. The molecule has 4 heteroatoms. The van der Waals surface area contributed by atoms with Crippen LogP contribution >= 0.6 is 11.6 Å². The van der Waals surface area contributed by atoms with Gasteiger partial charge in [0, 0.05) is 18.0 Å². The molecule has 0 aliphatic carbocycles. The highest BCUT2D eigenvalue weighted by molar-refractivity contribution is 6.34. The van der Waals surface area contributed by atoms with Crippen LogP contribution in [0, 0.1) is 0 Å². The van der Waals surface area contributed by atoms with Crippen molar-refractivity contribution in [3.63, 3.8) is 0 Å². The highest BCUT2D eigenvalue weighted by atomic mass is 35.5. The Balaban J connectivity index is 2.74. The standard InChI is InChI=1S/C12H16ClN3/c1-4-16-11-9(8(2)14-3)6-5-7-10(11)12(13)15-16/h5-8,14H,4H2,1-3H3. The topological polar surface area (TPSA) is 29.9 Å². The molecule has 0 spiro atoms. The Morgan fingerprint density at radius 3 is 2.88 bits per heavy atom. The number of aromatic nitrogens is 2. The number of fused-ring (bicyclic) bond motifs is 1. The Bertz CT molecular complexity index is 504. The number of hydrogen-bond donors (Lipinski definition) is 1. The van der Waals surface area contributed by atoms with Gasteiger partial charge in [-0.2, -0.15) is 5.10 Å². The summed E-state index contributed by atoms with van der Waals surface area (Å²) in [7, 11) is 1.96. The van der Waals surface area contributed by atoms with Gasteiger partial charge in [-0.1, -0.05) is 23.7 Å². The molecule has 16 heavy (non-hydrogen) atoms. The molecule has 0 saturated heterocycles. The SMILES string of the molecule is CCn1nc(Cl)c2cccc(C(C)NC)c21. The number of nitrogens with zero attached hydrogens (tertiary/aromatic N) is 2. The minimum Gasteiger partial charge on any atom is -0.313 e. The van der Waals surface area contributed by atoms with E-state index in [2.05, 4.69) is 30.3 Å². The van der Waals surface area contributed by atoms with Gasteiger partial charge in [-0.3, -0.25) is 4.68 Å². The first-order chi connectivity index (χ1) is 7.69. The van der Waals surface area contributed by atoms with E-state index in [4.69, 9.17) is 11.6 Å². The van der Waals surface area contributed by atoms with Gasteiger partial charge >= 0.3 is 0 Å². The summed E-state index contributed by atoms with van der Waals surface area (Å²) < 4.78 is 1.96. The van der Waals surface area contributed by atoms with E-state index in [0.29, 0.717) is 11.2 Å². The van der Waals surface area contributed by atoms with Gasteiger partial charge in [0.25, 0.3) is 0 Å². The van der Waals surface area contributed by atoms with Gasteiger partial charge in [0.05, 0.1) is 5.52 Å². The zero-order valence-electron chi connectivity index (χ0n) is 9.79. The van der Waals surface area contributed by atoms with Crippen LogP contribution < -0.4 is 5.32 Å². The first kappa shape index (κ1) is 11.4. The summed E-state index contributed by atoms with van der Waals surface area (Å²) in [5.41, 5.74) is 2.37. The van der Waals surface area contributed by atoms with Crippen molar-refractivity contribution in [1.82, 2.24) is 15.1 Å². The Labute approximate surface area is 100 Å². The van der Waals surface area contributed by atoms with E-state index in [-0.39, 0.29) is 0 Å². The van der Waals surface area contributed by atoms with E-state index in [1.165, 1.54) is 5.56 Å². The van der Waals surface area contributed by atoms with Crippen molar-refractivity contribution in [3.8, 4) is 0 Å². The summed E-state index contributed by atoms with van der Waals surface area (Å²) in [5, 5.41) is 9.21. The zero-order chi connectivity index (χ0) is 11.7. The van der Waals surface area contributed by atoms with Crippen molar-refractivity contribution < 1.29 is 0 Å². The van der Waals surface area contributed by atoms with Crippen molar-refractivity contribution in [3.05, 3.63) is 28.9 Å². The van der Waals surface area contributed by atoms with Crippen LogP contribution in [0.15, 0.2) is 18.2 Å². The Morgan fingerprint density at radius 2 is 2.25 bits per heavy atom. The summed E-state index contributed by atoms with van der Waals surface area (Å²) in [6, 6.07) is 6.46. The van der Waals surface area contributed by atoms with Crippen molar-refractivity contribution in [1.29, 1.82) is 0 Å². The minimum atomic E-state index is 0.293. The third-order valence-electron chi connectivity index (χ3n) is 2.96. The van der Waals surface area contributed by atoms with Gasteiger partial charge in [-0.25, -0.2) is 0 Å². The molecular weight excluding hydrogens is 222 g/mol. The molecule has 0 aliphatic rings. The van der Waals surface area contributed by atoms with Crippen LogP contribution in [0.25, 0.3) is 10.9 Å². The fourth-order valence-electron chi connectivity index (χ4n) is 1.96. The average molecular weight is 238 g/mol. The van der Waals surface area contributed by atoms with Gasteiger partial charge < -0.3 is 5.32 Å². The largest absolute Gasteiger partial charge is 0.313 e. The molecular formula is C12H16ClN3. The fourth-order valence-corrected chi connectivity index (χ4v) is 2.20. The van der Waals surface area contributed by atoms with Crippen LogP contribution in [-0.4, -0.2) is 16.8 Å². The zero-order valence-corrected chi connectivity index (χ0v) is 10.5. The lowest BCUT2D eigenvalue weighted by Gasteiger charge is -2.13. The van der Waals surface area contributed by atoms with E-state index >= 15 is 0 Å². The second-order valence-corrected chi connectivity index (χ2v) is 4.22. The number of hydrogen-bond acceptors (Lipinski definition) is 2. The minimum absolute atomic E-state index is 0.293. The Kier molecular flexibility index (Phi) is 3.17. The summed E-state index contributed by atoms with van der Waals surface area (Å²) in [6.45, 7) is 5.04. The molecule has 2 aromatic rings. The monoisotopic (exact) mass is 237 g/mol. The lowest BCUT2D eigenvalue weighted by Crippen LogP contribution is -2.13. The van der Waals surface area contributed by atoms with Crippen LogP contribution in [0.2, 0.25) is 5.15 Å². The molecule has 1 heterocycles. The third kappa shape index (κ3) is 1.70. The van der Waals surface area contributed by atoms with E-state index < -0.39 is 0 Å². The lowest BCUT2D eigenvalue weighted by molar-refractivity contribution is 0.638. The van der Waals surface area contributed by atoms with Gasteiger partial charge in [-0.15, -0.1) is 0 Å².